The zero-order valence-electron chi connectivity index (χ0n) is 18.4. The summed E-state index contributed by atoms with van der Waals surface area (Å²) in [7, 11) is 0. The molecule has 2 aromatic carbocycles. The van der Waals surface area contributed by atoms with E-state index in [1.807, 2.05) is 36.4 Å². The molecule has 0 bridgehead atoms. The van der Waals surface area contributed by atoms with Crippen LogP contribution in [0.3, 0.4) is 0 Å². The van der Waals surface area contributed by atoms with Crippen LogP contribution in [-0.4, -0.2) is 22.9 Å². The molecular weight excluding hydrogens is 370 g/mol. The van der Waals surface area contributed by atoms with Gasteiger partial charge in [0.25, 0.3) is 5.56 Å². The summed E-state index contributed by atoms with van der Waals surface area (Å²) in [5.74, 6) is 0. The van der Waals surface area contributed by atoms with E-state index in [9.17, 15) is 4.79 Å². The van der Waals surface area contributed by atoms with Crippen LogP contribution in [0.1, 0.15) is 52.0 Å². The normalized spacial score (nSPS) is 12.5. The van der Waals surface area contributed by atoms with Gasteiger partial charge >= 0.3 is 0 Å². The molecule has 0 aliphatic rings. The highest BCUT2D eigenvalue weighted by atomic mass is 16.1. The maximum absolute atomic E-state index is 13.2. The SMILES string of the molecule is CCCCC/C=c1/[nH]n(-c2ccccc2)c(=O)/c1=C\c1ccc(N(CC)CC)cc1. The molecule has 3 aromatic rings. The number of anilines is 1. The summed E-state index contributed by atoms with van der Waals surface area (Å²) in [6, 6.07) is 18.2. The number of aromatic nitrogens is 2. The van der Waals surface area contributed by atoms with Gasteiger partial charge in [-0.3, -0.25) is 9.89 Å². The molecule has 158 valence electrons. The summed E-state index contributed by atoms with van der Waals surface area (Å²) in [5, 5.41) is 4.93. The first kappa shape index (κ1) is 21.7. The minimum atomic E-state index is -0.0178. The van der Waals surface area contributed by atoms with E-state index in [2.05, 4.69) is 61.1 Å². The highest BCUT2D eigenvalue weighted by Crippen LogP contribution is 2.15. The lowest BCUT2D eigenvalue weighted by molar-refractivity contribution is 0.739. The van der Waals surface area contributed by atoms with Gasteiger partial charge in [0.15, 0.2) is 0 Å². The minimum Gasteiger partial charge on any atom is -0.372 e. The minimum absolute atomic E-state index is 0.0178. The first-order chi connectivity index (χ1) is 14.7. The molecule has 0 saturated heterocycles. The van der Waals surface area contributed by atoms with E-state index in [-0.39, 0.29) is 5.56 Å². The second-order valence-corrected chi connectivity index (χ2v) is 7.52. The molecule has 0 aliphatic carbocycles. The standard InChI is InChI=1S/C26H33N3O/c1-4-7-8-12-15-25-24(26(30)29(27-25)23-13-10-9-11-14-23)20-21-16-18-22(19-17-21)28(5-2)6-3/h9-11,13-20,27H,4-8,12H2,1-3H3/b24-20-,25-15+. The molecule has 0 atom stereocenters. The Bertz CT molecular complexity index is 1090. The largest absolute Gasteiger partial charge is 0.372 e. The summed E-state index contributed by atoms with van der Waals surface area (Å²) in [4.78, 5) is 15.5. The number of nitrogens with one attached hydrogen (secondary N) is 1. The van der Waals surface area contributed by atoms with E-state index in [1.54, 1.807) is 4.68 Å². The Labute approximate surface area is 179 Å². The lowest BCUT2D eigenvalue weighted by Gasteiger charge is -2.20. The van der Waals surface area contributed by atoms with Crippen molar-refractivity contribution in [3.63, 3.8) is 0 Å². The van der Waals surface area contributed by atoms with Crippen LogP contribution < -0.4 is 21.0 Å². The molecule has 30 heavy (non-hydrogen) atoms. The van der Waals surface area contributed by atoms with Crippen LogP contribution in [0.2, 0.25) is 0 Å². The van der Waals surface area contributed by atoms with E-state index >= 15 is 0 Å². The van der Waals surface area contributed by atoms with Crippen molar-refractivity contribution in [3.05, 3.63) is 81.1 Å². The summed E-state index contributed by atoms with van der Waals surface area (Å²) in [6.07, 6.45) is 8.64. The fourth-order valence-corrected chi connectivity index (χ4v) is 3.70. The quantitative estimate of drug-likeness (QED) is 0.544. The number of benzene rings is 2. The molecule has 4 nitrogen and oxygen atoms in total. The Hall–Kier alpha value is -3.01. The van der Waals surface area contributed by atoms with E-state index in [1.165, 1.54) is 18.5 Å². The van der Waals surface area contributed by atoms with Crippen LogP contribution in [0.15, 0.2) is 59.4 Å². The number of para-hydroxylation sites is 1. The van der Waals surface area contributed by atoms with Gasteiger partial charge in [-0.25, -0.2) is 4.68 Å². The van der Waals surface area contributed by atoms with Crippen LogP contribution in [-0.2, 0) is 0 Å². The van der Waals surface area contributed by atoms with Crippen molar-refractivity contribution >= 4 is 17.8 Å². The van der Waals surface area contributed by atoms with Gasteiger partial charge in [0.2, 0.25) is 0 Å². The van der Waals surface area contributed by atoms with E-state index < -0.39 is 0 Å². The highest BCUT2D eigenvalue weighted by Gasteiger charge is 2.06. The number of rotatable bonds is 9. The van der Waals surface area contributed by atoms with Gasteiger partial charge in [-0.1, -0.05) is 56.2 Å². The fourth-order valence-electron chi connectivity index (χ4n) is 3.70. The van der Waals surface area contributed by atoms with Crippen molar-refractivity contribution in [3.8, 4) is 5.69 Å². The maximum Gasteiger partial charge on any atom is 0.279 e. The van der Waals surface area contributed by atoms with Gasteiger partial charge in [-0.15, -0.1) is 0 Å². The van der Waals surface area contributed by atoms with Gasteiger partial charge < -0.3 is 4.90 Å². The van der Waals surface area contributed by atoms with Crippen LogP contribution in [0.5, 0.6) is 0 Å². The Morgan fingerprint density at radius 2 is 1.63 bits per heavy atom. The molecule has 0 unspecified atom stereocenters. The second kappa shape index (κ2) is 10.7. The Morgan fingerprint density at radius 1 is 0.933 bits per heavy atom. The number of unbranched alkanes of at least 4 members (excludes halogenated alkanes) is 3. The monoisotopic (exact) mass is 403 g/mol. The zero-order valence-corrected chi connectivity index (χ0v) is 18.4. The van der Waals surface area contributed by atoms with Crippen molar-refractivity contribution in [1.82, 2.24) is 9.78 Å². The molecule has 1 heterocycles. The number of nitrogens with zero attached hydrogens (tertiary/aromatic N) is 2. The number of hydrogen-bond donors (Lipinski definition) is 1. The third kappa shape index (κ3) is 5.12. The van der Waals surface area contributed by atoms with Crippen molar-refractivity contribution in [2.24, 2.45) is 0 Å². The lowest BCUT2D eigenvalue weighted by Crippen LogP contribution is -2.34. The summed E-state index contributed by atoms with van der Waals surface area (Å²) < 4.78 is 1.64. The van der Waals surface area contributed by atoms with Crippen LogP contribution in [0.25, 0.3) is 17.8 Å². The molecule has 1 aromatic heterocycles. The van der Waals surface area contributed by atoms with E-state index in [0.29, 0.717) is 5.22 Å². The van der Waals surface area contributed by atoms with Crippen LogP contribution >= 0.6 is 0 Å². The van der Waals surface area contributed by atoms with Gasteiger partial charge in [0.1, 0.15) is 0 Å². The zero-order chi connectivity index (χ0) is 21.3. The second-order valence-electron chi connectivity index (χ2n) is 7.52. The van der Waals surface area contributed by atoms with Gasteiger partial charge in [0.05, 0.1) is 16.3 Å². The average Bonchev–Trinajstić information content (AvgIpc) is 3.09. The smallest absolute Gasteiger partial charge is 0.279 e. The van der Waals surface area contributed by atoms with Crippen LogP contribution in [0.4, 0.5) is 5.69 Å². The number of aromatic amines is 1. The summed E-state index contributed by atoms with van der Waals surface area (Å²) in [6.45, 7) is 8.49. The number of hydrogen-bond acceptors (Lipinski definition) is 2. The topological polar surface area (TPSA) is 41.0 Å². The first-order valence-electron chi connectivity index (χ1n) is 11.1. The lowest BCUT2D eigenvalue weighted by atomic mass is 10.1. The van der Waals surface area contributed by atoms with Gasteiger partial charge in [-0.2, -0.15) is 0 Å². The Balaban J connectivity index is 2.05. The van der Waals surface area contributed by atoms with E-state index in [4.69, 9.17) is 0 Å². The van der Waals surface area contributed by atoms with Crippen LogP contribution in [0, 0.1) is 0 Å². The average molecular weight is 404 g/mol. The highest BCUT2D eigenvalue weighted by molar-refractivity contribution is 5.56. The van der Waals surface area contributed by atoms with Crippen molar-refractivity contribution < 1.29 is 0 Å². The fraction of sp³-hybridized carbons (Fsp3) is 0.346. The van der Waals surface area contributed by atoms with Crippen molar-refractivity contribution in [2.45, 2.75) is 46.5 Å². The molecule has 0 amide bonds. The predicted octanol–water partition coefficient (Wildman–Crippen LogP) is 4.20. The first-order valence-corrected chi connectivity index (χ1v) is 11.1. The molecular formula is C26H33N3O. The molecule has 0 spiro atoms. The number of H-pyrrole nitrogens is 1. The third-order valence-corrected chi connectivity index (χ3v) is 5.46. The predicted molar refractivity (Wildman–Crippen MR) is 128 cm³/mol. The molecule has 0 radical (unpaired) electrons. The maximum atomic E-state index is 13.2. The van der Waals surface area contributed by atoms with Gasteiger partial charge in [-0.05, 0) is 62.6 Å². The third-order valence-electron chi connectivity index (χ3n) is 5.46. The summed E-state index contributed by atoms with van der Waals surface area (Å²) >= 11 is 0. The Morgan fingerprint density at radius 3 is 2.27 bits per heavy atom. The van der Waals surface area contributed by atoms with Gasteiger partial charge in [0, 0.05) is 18.8 Å². The van der Waals surface area contributed by atoms with Crippen molar-refractivity contribution in [2.75, 3.05) is 18.0 Å². The molecule has 0 saturated carbocycles. The summed E-state index contributed by atoms with van der Waals surface area (Å²) in [5.41, 5.74) is 3.07. The molecule has 4 heteroatoms. The Kier molecular flexibility index (Phi) is 7.72. The molecule has 0 fully saturated rings. The molecule has 3 rings (SSSR count). The molecule has 1 N–H and O–H groups in total. The molecule has 0 aliphatic heterocycles. The van der Waals surface area contributed by atoms with E-state index in [0.717, 1.165) is 42.5 Å². The van der Waals surface area contributed by atoms with Crippen molar-refractivity contribution in [1.29, 1.82) is 0 Å².